The number of guanidine groups is 1. The third kappa shape index (κ3) is 7.34. The van der Waals surface area contributed by atoms with Crippen molar-refractivity contribution in [2.24, 2.45) is 4.99 Å². The second-order valence-electron chi connectivity index (χ2n) is 4.33. The number of rotatable bonds is 5. The van der Waals surface area contributed by atoms with Gasteiger partial charge in [-0.1, -0.05) is 19.1 Å². The summed E-state index contributed by atoms with van der Waals surface area (Å²) < 4.78 is 12.7. The van der Waals surface area contributed by atoms with Crippen LogP contribution in [0, 0.1) is 5.82 Å². The molecule has 0 amide bonds. The quantitative estimate of drug-likeness (QED) is 0.469. The van der Waals surface area contributed by atoms with Gasteiger partial charge in [0.2, 0.25) is 0 Å². The lowest BCUT2D eigenvalue weighted by Crippen LogP contribution is -2.42. The Morgan fingerprint density at radius 2 is 1.95 bits per heavy atom. The van der Waals surface area contributed by atoms with Crippen LogP contribution in [-0.2, 0) is 6.42 Å². The molecule has 0 aliphatic carbocycles. The Labute approximate surface area is 132 Å². The van der Waals surface area contributed by atoms with Crippen molar-refractivity contribution in [1.82, 2.24) is 10.6 Å². The smallest absolute Gasteiger partial charge is 0.191 e. The Bertz CT molecular complexity index is 379. The molecule has 1 aromatic rings. The van der Waals surface area contributed by atoms with Crippen molar-refractivity contribution in [2.45, 2.75) is 32.7 Å². The Morgan fingerprint density at radius 3 is 2.47 bits per heavy atom. The predicted octanol–water partition coefficient (Wildman–Crippen LogP) is 2.95. The molecule has 0 aromatic heterocycles. The molecule has 1 atom stereocenters. The number of hydrogen-bond donors (Lipinski definition) is 2. The molecule has 0 heterocycles. The maximum Gasteiger partial charge on any atom is 0.191 e. The largest absolute Gasteiger partial charge is 0.356 e. The summed E-state index contributed by atoms with van der Waals surface area (Å²) in [4.78, 5) is 4.16. The first-order valence-electron chi connectivity index (χ1n) is 6.37. The van der Waals surface area contributed by atoms with E-state index in [1.165, 1.54) is 12.1 Å². The average Bonchev–Trinajstić information content (AvgIpc) is 2.39. The molecule has 1 rings (SSSR count). The average molecular weight is 379 g/mol. The van der Waals surface area contributed by atoms with Crippen molar-refractivity contribution in [3.63, 3.8) is 0 Å². The van der Waals surface area contributed by atoms with Crippen molar-refractivity contribution < 1.29 is 4.39 Å². The van der Waals surface area contributed by atoms with Crippen LogP contribution in [0.25, 0.3) is 0 Å². The van der Waals surface area contributed by atoms with Gasteiger partial charge >= 0.3 is 0 Å². The van der Waals surface area contributed by atoms with Gasteiger partial charge in [-0.3, -0.25) is 4.99 Å². The minimum absolute atomic E-state index is 0. The predicted molar refractivity (Wildman–Crippen MR) is 89.8 cm³/mol. The molecule has 0 aliphatic rings. The molecule has 3 nitrogen and oxygen atoms in total. The number of hydrogen-bond acceptors (Lipinski definition) is 1. The van der Waals surface area contributed by atoms with E-state index in [2.05, 4.69) is 29.5 Å². The first-order chi connectivity index (χ1) is 8.65. The minimum atomic E-state index is -0.194. The van der Waals surface area contributed by atoms with Crippen LogP contribution in [0.3, 0.4) is 0 Å². The maximum absolute atomic E-state index is 12.7. The molecule has 0 saturated heterocycles. The maximum atomic E-state index is 12.7. The van der Waals surface area contributed by atoms with Gasteiger partial charge in [-0.05, 0) is 37.5 Å². The summed E-state index contributed by atoms with van der Waals surface area (Å²) in [6.07, 6.45) is 1.90. The fourth-order valence-electron chi connectivity index (χ4n) is 1.51. The van der Waals surface area contributed by atoms with Crippen LogP contribution < -0.4 is 10.6 Å². The summed E-state index contributed by atoms with van der Waals surface area (Å²) in [6, 6.07) is 6.99. The molecule has 19 heavy (non-hydrogen) atoms. The van der Waals surface area contributed by atoms with E-state index in [1.54, 1.807) is 7.05 Å². The van der Waals surface area contributed by atoms with Crippen LogP contribution in [0.2, 0.25) is 0 Å². The molecule has 2 N–H and O–H groups in total. The van der Waals surface area contributed by atoms with E-state index in [9.17, 15) is 4.39 Å². The SMILES string of the molecule is CCC(C)NC(=NC)NCCc1ccc(F)cc1.I. The minimum Gasteiger partial charge on any atom is -0.356 e. The highest BCUT2D eigenvalue weighted by Crippen LogP contribution is 2.02. The Balaban J connectivity index is 0.00000324. The number of nitrogens with one attached hydrogen (secondary N) is 2. The van der Waals surface area contributed by atoms with E-state index in [0.29, 0.717) is 6.04 Å². The van der Waals surface area contributed by atoms with Gasteiger partial charge in [0.1, 0.15) is 5.82 Å². The molecule has 0 bridgehead atoms. The Kier molecular flexibility index (Phi) is 9.55. The van der Waals surface area contributed by atoms with Gasteiger partial charge in [-0.2, -0.15) is 0 Å². The molecular weight excluding hydrogens is 356 g/mol. The number of halogens is 2. The van der Waals surface area contributed by atoms with Gasteiger partial charge < -0.3 is 10.6 Å². The highest BCUT2D eigenvalue weighted by atomic mass is 127. The van der Waals surface area contributed by atoms with Crippen molar-refractivity contribution in [3.05, 3.63) is 35.6 Å². The summed E-state index contributed by atoms with van der Waals surface area (Å²) >= 11 is 0. The molecule has 0 saturated carbocycles. The molecule has 0 spiro atoms. The first-order valence-corrected chi connectivity index (χ1v) is 6.37. The molecule has 0 aliphatic heterocycles. The van der Waals surface area contributed by atoms with Gasteiger partial charge in [-0.15, -0.1) is 24.0 Å². The topological polar surface area (TPSA) is 36.4 Å². The summed E-state index contributed by atoms with van der Waals surface area (Å²) in [5.74, 6) is 0.618. The summed E-state index contributed by atoms with van der Waals surface area (Å²) in [5, 5.41) is 6.53. The number of aliphatic imine (C=N–C) groups is 1. The van der Waals surface area contributed by atoms with Crippen molar-refractivity contribution >= 4 is 29.9 Å². The molecule has 0 fully saturated rings. The standard InChI is InChI=1S/C14H22FN3.HI/c1-4-11(2)18-14(16-3)17-10-9-12-5-7-13(15)8-6-12;/h5-8,11H,4,9-10H2,1-3H3,(H2,16,17,18);1H. The molecule has 1 unspecified atom stereocenters. The summed E-state index contributed by atoms with van der Waals surface area (Å²) in [5.41, 5.74) is 1.11. The van der Waals surface area contributed by atoms with Crippen LogP contribution >= 0.6 is 24.0 Å². The zero-order valence-electron chi connectivity index (χ0n) is 11.7. The monoisotopic (exact) mass is 379 g/mol. The van der Waals surface area contributed by atoms with Crippen LogP contribution in [0.5, 0.6) is 0 Å². The summed E-state index contributed by atoms with van der Waals surface area (Å²) in [6.45, 7) is 5.03. The lowest BCUT2D eigenvalue weighted by molar-refractivity contribution is 0.622. The first kappa shape index (κ1) is 18.1. The second-order valence-corrected chi connectivity index (χ2v) is 4.33. The third-order valence-corrected chi connectivity index (χ3v) is 2.84. The van der Waals surface area contributed by atoms with E-state index in [0.717, 1.165) is 30.9 Å². The zero-order valence-corrected chi connectivity index (χ0v) is 14.1. The van der Waals surface area contributed by atoms with E-state index in [4.69, 9.17) is 0 Å². The highest BCUT2D eigenvalue weighted by Gasteiger charge is 2.02. The van der Waals surface area contributed by atoms with E-state index in [-0.39, 0.29) is 29.8 Å². The van der Waals surface area contributed by atoms with Gasteiger partial charge in [0.05, 0.1) is 0 Å². The third-order valence-electron chi connectivity index (χ3n) is 2.84. The highest BCUT2D eigenvalue weighted by molar-refractivity contribution is 14.0. The fraction of sp³-hybridized carbons (Fsp3) is 0.500. The van der Waals surface area contributed by atoms with E-state index < -0.39 is 0 Å². The molecule has 5 heteroatoms. The normalized spacial score (nSPS) is 12.5. The van der Waals surface area contributed by atoms with E-state index >= 15 is 0 Å². The van der Waals surface area contributed by atoms with Gasteiger partial charge in [0.25, 0.3) is 0 Å². The second kappa shape index (κ2) is 10.00. The van der Waals surface area contributed by atoms with Gasteiger partial charge in [-0.25, -0.2) is 4.39 Å². The van der Waals surface area contributed by atoms with Crippen LogP contribution in [0.15, 0.2) is 29.3 Å². The van der Waals surface area contributed by atoms with Crippen LogP contribution in [0.4, 0.5) is 4.39 Å². The fourth-order valence-corrected chi connectivity index (χ4v) is 1.51. The molecule has 1 aromatic carbocycles. The van der Waals surface area contributed by atoms with Gasteiger partial charge in [0.15, 0.2) is 5.96 Å². The zero-order chi connectivity index (χ0) is 13.4. The Hall–Kier alpha value is -0.850. The lowest BCUT2D eigenvalue weighted by atomic mass is 10.1. The lowest BCUT2D eigenvalue weighted by Gasteiger charge is -2.16. The summed E-state index contributed by atoms with van der Waals surface area (Å²) in [7, 11) is 1.76. The van der Waals surface area contributed by atoms with Crippen LogP contribution in [-0.4, -0.2) is 25.6 Å². The number of benzene rings is 1. The van der Waals surface area contributed by atoms with Crippen molar-refractivity contribution in [1.29, 1.82) is 0 Å². The van der Waals surface area contributed by atoms with Crippen molar-refractivity contribution in [2.75, 3.05) is 13.6 Å². The van der Waals surface area contributed by atoms with Crippen molar-refractivity contribution in [3.8, 4) is 0 Å². The van der Waals surface area contributed by atoms with Crippen LogP contribution in [0.1, 0.15) is 25.8 Å². The molecular formula is C14H23FIN3. The molecule has 108 valence electrons. The van der Waals surface area contributed by atoms with Gasteiger partial charge in [0, 0.05) is 19.6 Å². The number of nitrogens with zero attached hydrogens (tertiary/aromatic N) is 1. The Morgan fingerprint density at radius 1 is 1.32 bits per heavy atom. The van der Waals surface area contributed by atoms with E-state index in [1.807, 2.05) is 12.1 Å². The molecule has 0 radical (unpaired) electrons.